The molecule has 0 saturated heterocycles. The third kappa shape index (κ3) is 3.38. The van der Waals surface area contributed by atoms with Crippen molar-refractivity contribution >= 4 is 17.4 Å². The molecule has 0 saturated carbocycles. The molecular weight excluding hydrogens is 206 g/mol. The van der Waals surface area contributed by atoms with Gasteiger partial charge in [-0.25, -0.2) is 0 Å². The highest BCUT2D eigenvalue weighted by Gasteiger charge is 2.09. The quantitative estimate of drug-likeness (QED) is 0.790. The summed E-state index contributed by atoms with van der Waals surface area (Å²) in [5.41, 5.74) is 1.63. The number of hydrogen-bond acceptors (Lipinski definition) is 3. The second kappa shape index (κ2) is 5.30. The Kier molecular flexibility index (Phi) is 4.05. The molecule has 16 heavy (non-hydrogen) atoms. The minimum atomic E-state index is -0.324. The van der Waals surface area contributed by atoms with E-state index in [1.807, 2.05) is 19.1 Å². The van der Waals surface area contributed by atoms with Gasteiger partial charge in [0.05, 0.1) is 19.2 Å². The van der Waals surface area contributed by atoms with E-state index in [-0.39, 0.29) is 18.1 Å². The van der Waals surface area contributed by atoms with E-state index in [1.54, 1.807) is 6.07 Å². The van der Waals surface area contributed by atoms with Crippen molar-refractivity contribution in [1.82, 2.24) is 0 Å². The number of ether oxygens (including phenoxy) is 1. The van der Waals surface area contributed by atoms with Gasteiger partial charge in [-0.2, -0.15) is 0 Å². The van der Waals surface area contributed by atoms with Crippen LogP contribution in [-0.2, 0) is 9.59 Å². The van der Waals surface area contributed by atoms with Crippen LogP contribution in [-0.4, -0.2) is 18.8 Å². The third-order valence-corrected chi connectivity index (χ3v) is 2.04. The Balaban J connectivity index is 2.80. The number of carbonyl (C=O) groups is 2. The average Bonchev–Trinajstić information content (AvgIpc) is 2.19. The summed E-state index contributed by atoms with van der Waals surface area (Å²) < 4.78 is 5.13. The van der Waals surface area contributed by atoms with Crippen molar-refractivity contribution in [3.05, 3.63) is 23.8 Å². The Bertz CT molecular complexity index is 413. The molecule has 4 nitrogen and oxygen atoms in total. The van der Waals surface area contributed by atoms with Crippen molar-refractivity contribution in [3.63, 3.8) is 0 Å². The Labute approximate surface area is 94.6 Å². The highest BCUT2D eigenvalue weighted by molar-refractivity contribution is 6.04. The van der Waals surface area contributed by atoms with E-state index in [9.17, 15) is 9.59 Å². The smallest absolute Gasteiger partial charge is 0.231 e. The van der Waals surface area contributed by atoms with Gasteiger partial charge in [0.1, 0.15) is 11.5 Å². The minimum Gasteiger partial charge on any atom is -0.495 e. The minimum absolute atomic E-state index is 0.114. The van der Waals surface area contributed by atoms with Gasteiger partial charge in [0.15, 0.2) is 0 Å². The topological polar surface area (TPSA) is 55.4 Å². The van der Waals surface area contributed by atoms with Crippen molar-refractivity contribution in [1.29, 1.82) is 0 Å². The zero-order chi connectivity index (χ0) is 12.1. The Morgan fingerprint density at radius 3 is 2.62 bits per heavy atom. The molecule has 0 heterocycles. The molecule has 1 amide bonds. The van der Waals surface area contributed by atoms with Crippen LogP contribution in [0.15, 0.2) is 18.2 Å². The number of methoxy groups -OCH3 is 1. The number of ketones is 1. The summed E-state index contributed by atoms with van der Waals surface area (Å²) in [5, 5.41) is 2.64. The molecule has 86 valence electrons. The third-order valence-electron chi connectivity index (χ3n) is 2.04. The van der Waals surface area contributed by atoms with Crippen molar-refractivity contribution < 1.29 is 14.3 Å². The van der Waals surface area contributed by atoms with E-state index in [0.29, 0.717) is 11.4 Å². The Hall–Kier alpha value is -1.84. The molecule has 1 rings (SSSR count). The fourth-order valence-electron chi connectivity index (χ4n) is 1.32. The molecule has 0 spiro atoms. The Morgan fingerprint density at radius 1 is 1.38 bits per heavy atom. The normalized spacial score (nSPS) is 9.69. The van der Waals surface area contributed by atoms with E-state index in [2.05, 4.69) is 5.32 Å². The van der Waals surface area contributed by atoms with Crippen LogP contribution in [0.2, 0.25) is 0 Å². The molecule has 0 unspecified atom stereocenters. The number of carbonyl (C=O) groups excluding carboxylic acids is 2. The molecule has 0 aromatic heterocycles. The predicted octanol–water partition coefficient (Wildman–Crippen LogP) is 1.92. The number of rotatable bonds is 4. The number of hydrogen-bond donors (Lipinski definition) is 1. The molecule has 1 aromatic rings. The van der Waals surface area contributed by atoms with Crippen LogP contribution in [0.5, 0.6) is 5.75 Å². The molecule has 0 fully saturated rings. The van der Waals surface area contributed by atoms with E-state index in [1.165, 1.54) is 14.0 Å². The summed E-state index contributed by atoms with van der Waals surface area (Å²) in [4.78, 5) is 22.1. The maximum atomic E-state index is 11.4. The van der Waals surface area contributed by atoms with Crippen LogP contribution in [0, 0.1) is 6.92 Å². The van der Waals surface area contributed by atoms with Crippen LogP contribution >= 0.6 is 0 Å². The van der Waals surface area contributed by atoms with Gasteiger partial charge in [0, 0.05) is 0 Å². The van der Waals surface area contributed by atoms with Crippen LogP contribution in [0.4, 0.5) is 5.69 Å². The molecule has 0 atom stereocenters. The van der Waals surface area contributed by atoms with Gasteiger partial charge in [0.25, 0.3) is 0 Å². The fraction of sp³-hybridized carbons (Fsp3) is 0.333. The largest absolute Gasteiger partial charge is 0.495 e. The second-order valence-electron chi connectivity index (χ2n) is 3.63. The summed E-state index contributed by atoms with van der Waals surface area (Å²) in [6.45, 7) is 3.32. The molecule has 0 bridgehead atoms. The Morgan fingerprint density at radius 2 is 2.06 bits per heavy atom. The first-order valence-corrected chi connectivity index (χ1v) is 4.97. The first-order chi connectivity index (χ1) is 7.52. The summed E-state index contributed by atoms with van der Waals surface area (Å²) in [7, 11) is 1.54. The van der Waals surface area contributed by atoms with Gasteiger partial charge in [0.2, 0.25) is 5.91 Å². The van der Waals surface area contributed by atoms with Crippen molar-refractivity contribution in [3.8, 4) is 5.75 Å². The lowest BCUT2D eigenvalue weighted by atomic mass is 10.2. The molecule has 0 aliphatic heterocycles. The summed E-state index contributed by atoms with van der Waals surface area (Å²) in [5.74, 6) is 0.107. The molecule has 0 radical (unpaired) electrons. The van der Waals surface area contributed by atoms with Crippen LogP contribution in [0.3, 0.4) is 0 Å². The van der Waals surface area contributed by atoms with Crippen molar-refractivity contribution in [2.24, 2.45) is 0 Å². The first-order valence-electron chi connectivity index (χ1n) is 4.97. The standard InChI is InChI=1S/C12H15NO3/c1-8-4-5-10(11(6-8)16-3)13-12(15)7-9(2)14/h4-6H,7H2,1-3H3,(H,13,15). The molecular formula is C12H15NO3. The SMILES string of the molecule is COc1cc(C)ccc1NC(=O)CC(C)=O. The number of nitrogens with one attached hydrogen (secondary N) is 1. The zero-order valence-corrected chi connectivity index (χ0v) is 9.66. The lowest BCUT2D eigenvalue weighted by Crippen LogP contribution is -2.15. The fourth-order valence-corrected chi connectivity index (χ4v) is 1.32. The number of benzene rings is 1. The number of amides is 1. The molecule has 1 N–H and O–H groups in total. The number of Topliss-reactive ketones (excluding diaryl/α,β-unsaturated/α-hetero) is 1. The lowest BCUT2D eigenvalue weighted by molar-refractivity contribution is -0.124. The van der Waals surface area contributed by atoms with Gasteiger partial charge < -0.3 is 10.1 Å². The monoisotopic (exact) mass is 221 g/mol. The van der Waals surface area contributed by atoms with E-state index in [4.69, 9.17) is 4.74 Å². The maximum absolute atomic E-state index is 11.4. The van der Waals surface area contributed by atoms with Crippen molar-refractivity contribution in [2.45, 2.75) is 20.3 Å². The van der Waals surface area contributed by atoms with E-state index in [0.717, 1.165) is 5.56 Å². The van der Waals surface area contributed by atoms with Crippen LogP contribution in [0.25, 0.3) is 0 Å². The second-order valence-corrected chi connectivity index (χ2v) is 3.63. The van der Waals surface area contributed by atoms with Gasteiger partial charge >= 0.3 is 0 Å². The summed E-state index contributed by atoms with van der Waals surface area (Å²) >= 11 is 0. The van der Waals surface area contributed by atoms with Crippen LogP contribution in [0.1, 0.15) is 18.9 Å². The summed E-state index contributed by atoms with van der Waals surface area (Å²) in [6, 6.07) is 5.45. The van der Waals surface area contributed by atoms with E-state index >= 15 is 0 Å². The van der Waals surface area contributed by atoms with E-state index < -0.39 is 0 Å². The summed E-state index contributed by atoms with van der Waals surface area (Å²) in [6.07, 6.45) is -0.114. The highest BCUT2D eigenvalue weighted by atomic mass is 16.5. The number of anilines is 1. The molecule has 0 aliphatic rings. The zero-order valence-electron chi connectivity index (χ0n) is 9.66. The van der Waals surface area contributed by atoms with Gasteiger partial charge in [-0.1, -0.05) is 6.07 Å². The predicted molar refractivity (Wildman–Crippen MR) is 61.7 cm³/mol. The van der Waals surface area contributed by atoms with Gasteiger partial charge in [-0.3, -0.25) is 9.59 Å². The molecule has 1 aromatic carbocycles. The van der Waals surface area contributed by atoms with Crippen LogP contribution < -0.4 is 10.1 Å². The highest BCUT2D eigenvalue weighted by Crippen LogP contribution is 2.25. The molecule has 0 aliphatic carbocycles. The van der Waals surface area contributed by atoms with Crippen molar-refractivity contribution in [2.75, 3.05) is 12.4 Å². The maximum Gasteiger partial charge on any atom is 0.231 e. The first kappa shape index (κ1) is 12.2. The average molecular weight is 221 g/mol. The van der Waals surface area contributed by atoms with Gasteiger partial charge in [-0.15, -0.1) is 0 Å². The van der Waals surface area contributed by atoms with Gasteiger partial charge in [-0.05, 0) is 31.5 Å². The number of aryl methyl sites for hydroxylation is 1. The lowest BCUT2D eigenvalue weighted by Gasteiger charge is -2.10. The molecule has 4 heteroatoms.